The van der Waals surface area contributed by atoms with E-state index in [-0.39, 0.29) is 11.2 Å². The van der Waals surface area contributed by atoms with E-state index in [1.807, 2.05) is 37.3 Å². The van der Waals surface area contributed by atoms with Gasteiger partial charge in [-0.1, -0.05) is 48.2 Å². The number of carbonyl (C=O) groups excluding carboxylic acids is 1. The summed E-state index contributed by atoms with van der Waals surface area (Å²) in [5.74, 6) is 0.0435. The minimum atomic E-state index is -0.261. The molecule has 1 aromatic carbocycles. The summed E-state index contributed by atoms with van der Waals surface area (Å²) in [6.45, 7) is 6.64. The zero-order valence-corrected chi connectivity index (χ0v) is 13.5. The van der Waals surface area contributed by atoms with Gasteiger partial charge in [-0.15, -0.1) is 11.7 Å². The Bertz CT molecular complexity index is 628. The van der Waals surface area contributed by atoms with E-state index in [9.17, 15) is 4.79 Å². The predicted octanol–water partition coefficient (Wildman–Crippen LogP) is 2.00. The van der Waals surface area contributed by atoms with Crippen LogP contribution in [0.15, 0.2) is 48.1 Å². The van der Waals surface area contributed by atoms with Crippen molar-refractivity contribution in [2.45, 2.75) is 30.4 Å². The van der Waals surface area contributed by atoms with E-state index in [0.717, 1.165) is 5.56 Å². The van der Waals surface area contributed by atoms with Gasteiger partial charge in [0.05, 0.1) is 11.8 Å². The van der Waals surface area contributed by atoms with Crippen LogP contribution >= 0.6 is 11.8 Å². The molecule has 0 saturated heterocycles. The van der Waals surface area contributed by atoms with Crippen molar-refractivity contribution in [3.63, 3.8) is 0 Å². The van der Waals surface area contributed by atoms with Gasteiger partial charge in [0.25, 0.3) is 0 Å². The first kappa shape index (κ1) is 16.2. The topological polar surface area (TPSA) is 63.9 Å². The summed E-state index contributed by atoms with van der Waals surface area (Å²) in [4.78, 5) is 14.2. The Morgan fingerprint density at radius 2 is 2.18 bits per heavy atom. The van der Waals surface area contributed by atoms with Gasteiger partial charge in [0.2, 0.25) is 11.1 Å². The molecule has 0 aliphatic carbocycles. The minimum absolute atomic E-state index is 0.0435. The number of tetrazole rings is 1. The number of carbonyl (C=O) groups is 1. The van der Waals surface area contributed by atoms with Gasteiger partial charge in [0, 0.05) is 13.6 Å². The van der Waals surface area contributed by atoms with Gasteiger partial charge < -0.3 is 4.90 Å². The number of benzene rings is 1. The lowest BCUT2D eigenvalue weighted by atomic mass is 10.2. The fourth-order valence-corrected chi connectivity index (χ4v) is 2.89. The second-order valence-corrected chi connectivity index (χ2v) is 6.18. The van der Waals surface area contributed by atoms with Crippen molar-refractivity contribution in [3.8, 4) is 0 Å². The third-order valence-electron chi connectivity index (χ3n) is 3.07. The highest BCUT2D eigenvalue weighted by molar-refractivity contribution is 8.00. The summed E-state index contributed by atoms with van der Waals surface area (Å²) in [7, 11) is 1.80. The van der Waals surface area contributed by atoms with Gasteiger partial charge >= 0.3 is 0 Å². The molecule has 1 atom stereocenters. The van der Waals surface area contributed by atoms with Crippen molar-refractivity contribution in [1.82, 2.24) is 25.1 Å². The van der Waals surface area contributed by atoms with E-state index in [2.05, 4.69) is 22.1 Å². The Balaban J connectivity index is 1.96. The molecule has 2 rings (SSSR count). The van der Waals surface area contributed by atoms with E-state index < -0.39 is 0 Å². The van der Waals surface area contributed by atoms with Crippen molar-refractivity contribution in [2.75, 3.05) is 7.05 Å². The molecule has 0 radical (unpaired) electrons. The molecule has 0 fully saturated rings. The standard InChI is InChI=1S/C15H19N5OS/c1-4-10-20-15(16-17-18-20)22-12(2)14(21)19(3)11-13-8-6-5-7-9-13/h4-9,12H,1,10-11H2,2-3H3. The highest BCUT2D eigenvalue weighted by atomic mass is 32.2. The first-order valence-electron chi connectivity index (χ1n) is 6.94. The molecule has 0 bridgehead atoms. The van der Waals surface area contributed by atoms with E-state index in [1.165, 1.54) is 11.8 Å². The van der Waals surface area contributed by atoms with Gasteiger partial charge in [0.1, 0.15) is 0 Å². The summed E-state index contributed by atoms with van der Waals surface area (Å²) >= 11 is 1.35. The number of hydrogen-bond acceptors (Lipinski definition) is 5. The Morgan fingerprint density at radius 3 is 2.86 bits per heavy atom. The zero-order chi connectivity index (χ0) is 15.9. The number of aromatic nitrogens is 4. The molecule has 0 saturated carbocycles. The summed E-state index contributed by atoms with van der Waals surface area (Å²) < 4.78 is 1.62. The van der Waals surface area contributed by atoms with Crippen LogP contribution in [0.3, 0.4) is 0 Å². The molecule has 116 valence electrons. The fourth-order valence-electron chi connectivity index (χ4n) is 1.97. The molecule has 22 heavy (non-hydrogen) atoms. The lowest BCUT2D eigenvalue weighted by Gasteiger charge is -2.20. The first-order chi connectivity index (χ1) is 10.6. The fraction of sp³-hybridized carbons (Fsp3) is 0.333. The molecule has 0 aliphatic heterocycles. The van der Waals surface area contributed by atoms with E-state index >= 15 is 0 Å². The summed E-state index contributed by atoms with van der Waals surface area (Å²) in [5.41, 5.74) is 1.10. The summed E-state index contributed by atoms with van der Waals surface area (Å²) in [6, 6.07) is 9.91. The molecule has 1 unspecified atom stereocenters. The van der Waals surface area contributed by atoms with Crippen LogP contribution in [0, 0.1) is 0 Å². The normalized spacial score (nSPS) is 11.9. The van der Waals surface area contributed by atoms with Gasteiger partial charge in [-0.3, -0.25) is 4.79 Å². The minimum Gasteiger partial charge on any atom is -0.340 e. The van der Waals surface area contributed by atoms with Crippen LogP contribution in [0.25, 0.3) is 0 Å². The van der Waals surface area contributed by atoms with Crippen LogP contribution in [0.2, 0.25) is 0 Å². The number of thioether (sulfide) groups is 1. The third-order valence-corrected chi connectivity index (χ3v) is 4.13. The average Bonchev–Trinajstić information content (AvgIpc) is 2.95. The van der Waals surface area contributed by atoms with Gasteiger partial charge in [-0.25, -0.2) is 4.68 Å². The second-order valence-electron chi connectivity index (χ2n) is 4.87. The molecule has 0 N–H and O–H groups in total. The lowest BCUT2D eigenvalue weighted by Crippen LogP contribution is -2.33. The molecule has 2 aromatic rings. The van der Waals surface area contributed by atoms with Crippen LogP contribution in [-0.2, 0) is 17.9 Å². The third kappa shape index (κ3) is 4.17. The number of nitrogens with zero attached hydrogens (tertiary/aromatic N) is 5. The van der Waals surface area contributed by atoms with Crippen LogP contribution in [-0.4, -0.2) is 43.3 Å². The van der Waals surface area contributed by atoms with Crippen LogP contribution in [0.1, 0.15) is 12.5 Å². The first-order valence-corrected chi connectivity index (χ1v) is 7.82. The predicted molar refractivity (Wildman–Crippen MR) is 86.2 cm³/mol. The Morgan fingerprint density at radius 1 is 1.45 bits per heavy atom. The molecular formula is C15H19N5OS. The summed E-state index contributed by atoms with van der Waals surface area (Å²) in [5, 5.41) is 11.8. The largest absolute Gasteiger partial charge is 0.340 e. The van der Waals surface area contributed by atoms with Crippen molar-refractivity contribution in [2.24, 2.45) is 0 Å². The maximum Gasteiger partial charge on any atom is 0.235 e. The monoisotopic (exact) mass is 317 g/mol. The molecule has 0 spiro atoms. The van der Waals surface area contributed by atoms with Crippen LogP contribution < -0.4 is 0 Å². The molecule has 6 nitrogen and oxygen atoms in total. The smallest absolute Gasteiger partial charge is 0.235 e. The van der Waals surface area contributed by atoms with E-state index in [4.69, 9.17) is 0 Å². The van der Waals surface area contributed by atoms with Crippen molar-refractivity contribution < 1.29 is 4.79 Å². The molecule has 0 aliphatic rings. The van der Waals surface area contributed by atoms with Gasteiger partial charge in [-0.2, -0.15) is 0 Å². The lowest BCUT2D eigenvalue weighted by molar-refractivity contribution is -0.129. The van der Waals surface area contributed by atoms with E-state index in [0.29, 0.717) is 18.2 Å². The number of amides is 1. The summed E-state index contributed by atoms with van der Waals surface area (Å²) in [6.07, 6.45) is 1.72. The molecule has 7 heteroatoms. The maximum atomic E-state index is 12.4. The number of allylic oxidation sites excluding steroid dienone is 1. The van der Waals surface area contributed by atoms with Gasteiger partial charge in [-0.05, 0) is 22.9 Å². The molecular weight excluding hydrogens is 298 g/mol. The average molecular weight is 317 g/mol. The number of rotatable bonds is 7. The SMILES string of the molecule is C=CCn1nnnc1SC(C)C(=O)N(C)Cc1ccccc1. The quantitative estimate of drug-likeness (QED) is 0.577. The Hall–Kier alpha value is -2.15. The Kier molecular flexibility index (Phi) is 5.71. The van der Waals surface area contributed by atoms with Crippen molar-refractivity contribution in [3.05, 3.63) is 48.6 Å². The molecule has 1 aromatic heterocycles. The van der Waals surface area contributed by atoms with Gasteiger partial charge in [0.15, 0.2) is 0 Å². The molecule has 1 heterocycles. The van der Waals surface area contributed by atoms with Crippen LogP contribution in [0.4, 0.5) is 0 Å². The zero-order valence-electron chi connectivity index (χ0n) is 12.7. The van der Waals surface area contributed by atoms with Crippen molar-refractivity contribution >= 4 is 17.7 Å². The second kappa shape index (κ2) is 7.74. The van der Waals surface area contributed by atoms with E-state index in [1.54, 1.807) is 22.7 Å². The van der Waals surface area contributed by atoms with Crippen molar-refractivity contribution in [1.29, 1.82) is 0 Å². The molecule has 1 amide bonds. The number of hydrogen-bond donors (Lipinski definition) is 0. The highest BCUT2D eigenvalue weighted by Crippen LogP contribution is 2.22. The highest BCUT2D eigenvalue weighted by Gasteiger charge is 2.21. The Labute approximate surface area is 134 Å². The van der Waals surface area contributed by atoms with Crippen LogP contribution in [0.5, 0.6) is 0 Å². The maximum absolute atomic E-state index is 12.4.